The standard InChI is InChI=1S/C11H11BrO2/c1-6(13)11-9-5-8(12)3-2-7(9)4-10(11)14/h2-3,5,10-11,14H,4H2,1H3. The molecule has 0 amide bonds. The molecule has 0 bridgehead atoms. The molecular formula is C11H11BrO2. The molecule has 74 valence electrons. The second kappa shape index (κ2) is 3.48. The highest BCUT2D eigenvalue weighted by atomic mass is 79.9. The molecule has 0 spiro atoms. The van der Waals surface area contributed by atoms with Gasteiger partial charge in [0, 0.05) is 4.47 Å². The summed E-state index contributed by atoms with van der Waals surface area (Å²) in [6, 6.07) is 5.83. The molecule has 2 rings (SSSR count). The molecule has 1 aliphatic carbocycles. The maximum atomic E-state index is 11.4. The van der Waals surface area contributed by atoms with Gasteiger partial charge in [0.2, 0.25) is 0 Å². The molecule has 2 nitrogen and oxygen atoms in total. The number of carbonyl (C=O) groups is 1. The fourth-order valence-electron chi connectivity index (χ4n) is 2.08. The molecule has 1 aromatic carbocycles. The normalized spacial score (nSPS) is 24.8. The highest BCUT2D eigenvalue weighted by molar-refractivity contribution is 9.10. The summed E-state index contributed by atoms with van der Waals surface area (Å²) in [5, 5.41) is 9.74. The number of aliphatic hydroxyl groups excluding tert-OH is 1. The lowest BCUT2D eigenvalue weighted by Crippen LogP contribution is -2.19. The van der Waals surface area contributed by atoms with Crippen LogP contribution in [0.15, 0.2) is 22.7 Å². The largest absolute Gasteiger partial charge is 0.392 e. The number of rotatable bonds is 1. The van der Waals surface area contributed by atoms with Crippen LogP contribution < -0.4 is 0 Å². The zero-order chi connectivity index (χ0) is 10.3. The van der Waals surface area contributed by atoms with Gasteiger partial charge < -0.3 is 5.11 Å². The predicted molar refractivity (Wildman–Crippen MR) is 57.3 cm³/mol. The second-order valence-corrected chi connectivity index (χ2v) is 4.62. The van der Waals surface area contributed by atoms with Gasteiger partial charge in [0.25, 0.3) is 0 Å². The van der Waals surface area contributed by atoms with Crippen molar-refractivity contribution in [1.82, 2.24) is 0 Å². The van der Waals surface area contributed by atoms with E-state index in [1.54, 1.807) is 0 Å². The third-order valence-electron chi connectivity index (χ3n) is 2.69. The van der Waals surface area contributed by atoms with E-state index in [2.05, 4.69) is 15.9 Å². The van der Waals surface area contributed by atoms with Crippen LogP contribution in [0.5, 0.6) is 0 Å². The quantitative estimate of drug-likeness (QED) is 0.833. The van der Waals surface area contributed by atoms with Crippen molar-refractivity contribution >= 4 is 21.7 Å². The molecule has 1 aromatic rings. The van der Waals surface area contributed by atoms with Gasteiger partial charge in [-0.1, -0.05) is 22.0 Å². The predicted octanol–water partition coefficient (Wildman–Crippen LogP) is 2.04. The van der Waals surface area contributed by atoms with Crippen LogP contribution in [0.3, 0.4) is 0 Å². The monoisotopic (exact) mass is 254 g/mol. The van der Waals surface area contributed by atoms with Gasteiger partial charge >= 0.3 is 0 Å². The molecule has 2 unspecified atom stereocenters. The third-order valence-corrected chi connectivity index (χ3v) is 3.19. The van der Waals surface area contributed by atoms with Crippen LogP contribution in [0, 0.1) is 0 Å². The average molecular weight is 255 g/mol. The lowest BCUT2D eigenvalue weighted by molar-refractivity contribution is -0.120. The molecule has 0 radical (unpaired) electrons. The van der Waals surface area contributed by atoms with Crippen molar-refractivity contribution < 1.29 is 9.90 Å². The summed E-state index contributed by atoms with van der Waals surface area (Å²) in [4.78, 5) is 11.4. The molecule has 0 fully saturated rings. The minimum atomic E-state index is -0.545. The summed E-state index contributed by atoms with van der Waals surface area (Å²) >= 11 is 3.37. The first kappa shape index (κ1) is 9.87. The van der Waals surface area contributed by atoms with Gasteiger partial charge in [-0.25, -0.2) is 0 Å². The topological polar surface area (TPSA) is 37.3 Å². The molecule has 0 heterocycles. The third kappa shape index (κ3) is 1.51. The van der Waals surface area contributed by atoms with E-state index in [4.69, 9.17) is 0 Å². The van der Waals surface area contributed by atoms with Gasteiger partial charge in [-0.15, -0.1) is 0 Å². The van der Waals surface area contributed by atoms with Crippen molar-refractivity contribution in [2.24, 2.45) is 0 Å². The SMILES string of the molecule is CC(=O)C1c2cc(Br)ccc2CC1O. The van der Waals surface area contributed by atoms with Crippen LogP contribution in [-0.4, -0.2) is 17.0 Å². The number of fused-ring (bicyclic) bond motifs is 1. The van der Waals surface area contributed by atoms with Crippen molar-refractivity contribution in [1.29, 1.82) is 0 Å². The van der Waals surface area contributed by atoms with Gasteiger partial charge in [-0.2, -0.15) is 0 Å². The lowest BCUT2D eigenvalue weighted by atomic mass is 9.96. The van der Waals surface area contributed by atoms with E-state index in [-0.39, 0.29) is 11.7 Å². The van der Waals surface area contributed by atoms with Gasteiger partial charge in [0.15, 0.2) is 0 Å². The summed E-state index contributed by atoms with van der Waals surface area (Å²) in [5.74, 6) is -0.295. The highest BCUT2D eigenvalue weighted by Crippen LogP contribution is 2.35. The molecule has 1 N–H and O–H groups in total. The van der Waals surface area contributed by atoms with E-state index in [9.17, 15) is 9.90 Å². The summed E-state index contributed by atoms with van der Waals surface area (Å²) in [5.41, 5.74) is 2.06. The minimum Gasteiger partial charge on any atom is -0.392 e. The van der Waals surface area contributed by atoms with Gasteiger partial charge in [0.05, 0.1) is 12.0 Å². The van der Waals surface area contributed by atoms with Crippen molar-refractivity contribution in [2.75, 3.05) is 0 Å². The van der Waals surface area contributed by atoms with Crippen LogP contribution in [0.4, 0.5) is 0 Å². The van der Waals surface area contributed by atoms with Crippen LogP contribution >= 0.6 is 15.9 Å². The summed E-state index contributed by atoms with van der Waals surface area (Å²) in [6.07, 6.45) is 0.0455. The van der Waals surface area contributed by atoms with Crippen LogP contribution in [0.1, 0.15) is 24.0 Å². The maximum absolute atomic E-state index is 11.4. The van der Waals surface area contributed by atoms with Crippen LogP contribution in [0.2, 0.25) is 0 Å². The lowest BCUT2D eigenvalue weighted by Gasteiger charge is -2.11. The van der Waals surface area contributed by atoms with E-state index >= 15 is 0 Å². The second-order valence-electron chi connectivity index (χ2n) is 3.70. The molecule has 2 atom stereocenters. The molecule has 0 aliphatic heterocycles. The highest BCUT2D eigenvalue weighted by Gasteiger charge is 2.34. The first-order valence-electron chi connectivity index (χ1n) is 4.56. The number of hydrogen-bond acceptors (Lipinski definition) is 2. The van der Waals surface area contributed by atoms with Crippen molar-refractivity contribution in [2.45, 2.75) is 25.4 Å². The summed E-state index contributed by atoms with van der Waals surface area (Å²) in [7, 11) is 0. The van der Waals surface area contributed by atoms with E-state index in [1.165, 1.54) is 6.92 Å². The smallest absolute Gasteiger partial charge is 0.139 e. The van der Waals surface area contributed by atoms with Gasteiger partial charge in [0.1, 0.15) is 5.78 Å². The fraction of sp³-hybridized carbons (Fsp3) is 0.364. The van der Waals surface area contributed by atoms with Crippen LogP contribution in [0.25, 0.3) is 0 Å². The molecular weight excluding hydrogens is 244 g/mol. The minimum absolute atomic E-state index is 0.0364. The Kier molecular flexibility index (Phi) is 2.45. The van der Waals surface area contributed by atoms with E-state index in [0.717, 1.165) is 15.6 Å². The Morgan fingerprint density at radius 3 is 2.93 bits per heavy atom. The molecule has 1 aliphatic rings. The Labute approximate surface area is 91.1 Å². The summed E-state index contributed by atoms with van der Waals surface area (Å²) < 4.78 is 0.955. The Morgan fingerprint density at radius 1 is 1.57 bits per heavy atom. The van der Waals surface area contributed by atoms with E-state index in [0.29, 0.717) is 6.42 Å². The zero-order valence-electron chi connectivity index (χ0n) is 7.83. The fourth-order valence-corrected chi connectivity index (χ4v) is 2.46. The van der Waals surface area contributed by atoms with Gasteiger partial charge in [-0.05, 0) is 36.6 Å². The Morgan fingerprint density at radius 2 is 2.29 bits per heavy atom. The summed E-state index contributed by atoms with van der Waals surface area (Å²) in [6.45, 7) is 1.53. The maximum Gasteiger partial charge on any atom is 0.139 e. The van der Waals surface area contributed by atoms with E-state index < -0.39 is 6.10 Å². The number of ketones is 1. The number of aliphatic hydroxyl groups is 1. The number of Topliss-reactive ketones (excluding diaryl/α,β-unsaturated/α-hetero) is 1. The number of halogens is 1. The Bertz CT molecular complexity index is 387. The Hall–Kier alpha value is -0.670. The first-order chi connectivity index (χ1) is 6.59. The van der Waals surface area contributed by atoms with Crippen LogP contribution in [-0.2, 0) is 11.2 Å². The number of hydrogen-bond donors (Lipinski definition) is 1. The number of benzene rings is 1. The molecule has 0 saturated heterocycles. The number of carbonyl (C=O) groups excluding carboxylic acids is 1. The molecule has 3 heteroatoms. The van der Waals surface area contributed by atoms with Crippen molar-refractivity contribution in [3.05, 3.63) is 33.8 Å². The van der Waals surface area contributed by atoms with Gasteiger partial charge in [-0.3, -0.25) is 4.79 Å². The zero-order valence-corrected chi connectivity index (χ0v) is 9.41. The van der Waals surface area contributed by atoms with Crippen molar-refractivity contribution in [3.8, 4) is 0 Å². The Balaban J connectivity index is 2.49. The molecule has 0 saturated carbocycles. The van der Waals surface area contributed by atoms with Crippen molar-refractivity contribution in [3.63, 3.8) is 0 Å². The average Bonchev–Trinajstić information content (AvgIpc) is 2.40. The molecule has 14 heavy (non-hydrogen) atoms. The molecule has 0 aromatic heterocycles. The van der Waals surface area contributed by atoms with E-state index in [1.807, 2.05) is 18.2 Å². The first-order valence-corrected chi connectivity index (χ1v) is 5.35.